The quantitative estimate of drug-likeness (QED) is 0.816. The minimum atomic E-state index is -0.227. The van der Waals surface area contributed by atoms with Gasteiger partial charge in [0.15, 0.2) is 0 Å². The van der Waals surface area contributed by atoms with Crippen LogP contribution in [0, 0.1) is 0 Å². The lowest BCUT2D eigenvalue weighted by molar-refractivity contribution is -0.119. The molecule has 2 rings (SSSR count). The van der Waals surface area contributed by atoms with Crippen molar-refractivity contribution in [2.45, 2.75) is 32.9 Å². The van der Waals surface area contributed by atoms with Crippen molar-refractivity contribution in [3.8, 4) is 0 Å². The summed E-state index contributed by atoms with van der Waals surface area (Å²) in [7, 11) is 0. The number of anilines is 2. The molecule has 0 bridgehead atoms. The van der Waals surface area contributed by atoms with E-state index < -0.39 is 0 Å². The number of nitrogens with one attached hydrogen (secondary N) is 1. The fourth-order valence-corrected chi connectivity index (χ4v) is 2.22. The highest BCUT2D eigenvalue weighted by Crippen LogP contribution is 2.37. The van der Waals surface area contributed by atoms with Gasteiger partial charge in [0, 0.05) is 6.04 Å². The maximum Gasteiger partial charge on any atom is 0.249 e. The number of halogens is 1. The predicted octanol–water partition coefficient (Wildman–Crippen LogP) is 2.90. The third kappa shape index (κ3) is 1.65. The molecule has 0 saturated carbocycles. The molecule has 1 atom stereocenters. The standard InChI is InChI=1S/C12H15ClN2O/c1-7(2)15-10-6-4-5-9(13)11(10)14-8(3)12(15)16/h4-8,14H,1-3H3. The second kappa shape index (κ2) is 3.98. The molecule has 4 heteroatoms. The van der Waals surface area contributed by atoms with Gasteiger partial charge in [0.1, 0.15) is 6.04 Å². The van der Waals surface area contributed by atoms with E-state index in [9.17, 15) is 4.79 Å². The number of benzene rings is 1. The first kappa shape index (κ1) is 11.3. The zero-order valence-corrected chi connectivity index (χ0v) is 10.4. The van der Waals surface area contributed by atoms with E-state index in [0.717, 1.165) is 11.4 Å². The van der Waals surface area contributed by atoms with Crippen molar-refractivity contribution in [2.24, 2.45) is 0 Å². The lowest BCUT2D eigenvalue weighted by atomic mass is 10.1. The van der Waals surface area contributed by atoms with Crippen molar-refractivity contribution in [2.75, 3.05) is 10.2 Å². The number of amides is 1. The topological polar surface area (TPSA) is 32.3 Å². The molecule has 1 unspecified atom stereocenters. The van der Waals surface area contributed by atoms with E-state index >= 15 is 0 Å². The van der Waals surface area contributed by atoms with Gasteiger partial charge in [-0.1, -0.05) is 17.7 Å². The van der Waals surface area contributed by atoms with E-state index in [1.165, 1.54) is 0 Å². The fourth-order valence-electron chi connectivity index (χ4n) is 1.99. The molecule has 0 spiro atoms. The molecule has 1 aromatic rings. The largest absolute Gasteiger partial charge is 0.371 e. The second-order valence-corrected chi connectivity index (χ2v) is 4.71. The Labute approximate surface area is 100 Å². The van der Waals surface area contributed by atoms with Gasteiger partial charge in [0.2, 0.25) is 5.91 Å². The first-order chi connectivity index (χ1) is 7.52. The van der Waals surface area contributed by atoms with Gasteiger partial charge in [0.05, 0.1) is 16.4 Å². The summed E-state index contributed by atoms with van der Waals surface area (Å²) in [5, 5.41) is 3.79. The van der Waals surface area contributed by atoms with Crippen molar-refractivity contribution >= 4 is 28.9 Å². The molecule has 1 aromatic carbocycles. The van der Waals surface area contributed by atoms with Gasteiger partial charge >= 0.3 is 0 Å². The van der Waals surface area contributed by atoms with Crippen molar-refractivity contribution in [3.05, 3.63) is 23.2 Å². The SMILES string of the molecule is CC1Nc2c(Cl)cccc2N(C(C)C)C1=O. The zero-order valence-electron chi connectivity index (χ0n) is 9.62. The van der Waals surface area contributed by atoms with Crippen LogP contribution in [0.5, 0.6) is 0 Å². The van der Waals surface area contributed by atoms with Crippen LogP contribution in [0.3, 0.4) is 0 Å². The zero-order chi connectivity index (χ0) is 11.9. The summed E-state index contributed by atoms with van der Waals surface area (Å²) in [5.41, 5.74) is 1.72. The first-order valence-corrected chi connectivity index (χ1v) is 5.78. The van der Waals surface area contributed by atoms with Crippen molar-refractivity contribution in [1.82, 2.24) is 0 Å². The summed E-state index contributed by atoms with van der Waals surface area (Å²) in [6, 6.07) is 5.51. The second-order valence-electron chi connectivity index (χ2n) is 4.30. The molecule has 16 heavy (non-hydrogen) atoms. The van der Waals surface area contributed by atoms with Gasteiger partial charge in [-0.05, 0) is 32.9 Å². The Morgan fingerprint density at radius 3 is 2.75 bits per heavy atom. The smallest absolute Gasteiger partial charge is 0.249 e. The van der Waals surface area contributed by atoms with Crippen LogP contribution in [-0.2, 0) is 4.79 Å². The van der Waals surface area contributed by atoms with Crippen molar-refractivity contribution in [1.29, 1.82) is 0 Å². The molecule has 0 aliphatic carbocycles. The molecule has 1 heterocycles. The van der Waals surface area contributed by atoms with E-state index in [1.807, 2.05) is 39.0 Å². The van der Waals surface area contributed by atoms with Gasteiger partial charge in [-0.15, -0.1) is 0 Å². The van der Waals surface area contributed by atoms with Crippen LogP contribution in [0.1, 0.15) is 20.8 Å². The number of rotatable bonds is 1. The monoisotopic (exact) mass is 238 g/mol. The minimum Gasteiger partial charge on any atom is -0.371 e. The van der Waals surface area contributed by atoms with Crippen LogP contribution < -0.4 is 10.2 Å². The molecule has 1 aliphatic heterocycles. The number of hydrogen-bond acceptors (Lipinski definition) is 2. The van der Waals surface area contributed by atoms with Gasteiger partial charge in [-0.2, -0.15) is 0 Å². The number of carbonyl (C=O) groups is 1. The predicted molar refractivity (Wildman–Crippen MR) is 67.2 cm³/mol. The minimum absolute atomic E-state index is 0.0877. The summed E-state index contributed by atoms with van der Waals surface area (Å²) in [5.74, 6) is 0.0877. The van der Waals surface area contributed by atoms with Crippen LogP contribution in [0.15, 0.2) is 18.2 Å². The molecular weight excluding hydrogens is 224 g/mol. The molecule has 0 radical (unpaired) electrons. The average molecular weight is 239 g/mol. The fraction of sp³-hybridized carbons (Fsp3) is 0.417. The van der Waals surface area contributed by atoms with E-state index in [-0.39, 0.29) is 18.0 Å². The third-order valence-corrected chi connectivity index (χ3v) is 3.05. The van der Waals surface area contributed by atoms with E-state index in [0.29, 0.717) is 5.02 Å². The number of nitrogens with zero attached hydrogens (tertiary/aromatic N) is 1. The van der Waals surface area contributed by atoms with Crippen LogP contribution in [-0.4, -0.2) is 18.0 Å². The number of hydrogen-bond donors (Lipinski definition) is 1. The van der Waals surface area contributed by atoms with Gasteiger partial charge in [-0.3, -0.25) is 4.79 Å². The van der Waals surface area contributed by atoms with Crippen molar-refractivity contribution in [3.63, 3.8) is 0 Å². The molecule has 1 aliphatic rings. The third-order valence-electron chi connectivity index (χ3n) is 2.74. The Balaban J connectivity index is 2.56. The highest BCUT2D eigenvalue weighted by molar-refractivity contribution is 6.34. The molecule has 0 fully saturated rings. The average Bonchev–Trinajstić information content (AvgIpc) is 2.21. The van der Waals surface area contributed by atoms with Gasteiger partial charge < -0.3 is 10.2 Å². The summed E-state index contributed by atoms with van der Waals surface area (Å²) in [6.45, 7) is 5.85. The van der Waals surface area contributed by atoms with Gasteiger partial charge in [-0.25, -0.2) is 0 Å². The first-order valence-electron chi connectivity index (χ1n) is 5.40. The molecule has 1 amide bonds. The highest BCUT2D eigenvalue weighted by atomic mass is 35.5. The Hall–Kier alpha value is -1.22. The van der Waals surface area contributed by atoms with Crippen LogP contribution in [0.25, 0.3) is 0 Å². The van der Waals surface area contributed by atoms with Gasteiger partial charge in [0.25, 0.3) is 0 Å². The van der Waals surface area contributed by atoms with Crippen LogP contribution in [0.4, 0.5) is 11.4 Å². The van der Waals surface area contributed by atoms with E-state index in [2.05, 4.69) is 5.32 Å². The summed E-state index contributed by atoms with van der Waals surface area (Å²) in [6.07, 6.45) is 0. The lowest BCUT2D eigenvalue weighted by Crippen LogP contribution is -2.49. The molecular formula is C12H15ClN2O. The molecule has 86 valence electrons. The normalized spacial score (nSPS) is 19.7. The Kier molecular flexibility index (Phi) is 2.80. The lowest BCUT2D eigenvalue weighted by Gasteiger charge is -2.36. The summed E-state index contributed by atoms with van der Waals surface area (Å²) < 4.78 is 0. The Morgan fingerprint density at radius 2 is 2.12 bits per heavy atom. The van der Waals surface area contributed by atoms with Crippen LogP contribution in [0.2, 0.25) is 5.02 Å². The Morgan fingerprint density at radius 1 is 1.44 bits per heavy atom. The number of carbonyl (C=O) groups excluding carboxylic acids is 1. The summed E-state index contributed by atoms with van der Waals surface area (Å²) in [4.78, 5) is 13.9. The van der Waals surface area contributed by atoms with E-state index in [4.69, 9.17) is 11.6 Å². The summed E-state index contributed by atoms with van der Waals surface area (Å²) >= 11 is 6.12. The maximum absolute atomic E-state index is 12.1. The van der Waals surface area contributed by atoms with Crippen LogP contribution >= 0.6 is 11.6 Å². The highest BCUT2D eigenvalue weighted by Gasteiger charge is 2.32. The maximum atomic E-state index is 12.1. The molecule has 0 aromatic heterocycles. The number of fused-ring (bicyclic) bond motifs is 1. The molecule has 0 saturated heterocycles. The van der Waals surface area contributed by atoms with Crippen molar-refractivity contribution < 1.29 is 4.79 Å². The molecule has 3 nitrogen and oxygen atoms in total. The molecule has 1 N–H and O–H groups in total. The Bertz CT molecular complexity index is 431. The van der Waals surface area contributed by atoms with E-state index in [1.54, 1.807) is 4.90 Å². The number of para-hydroxylation sites is 1.